The van der Waals surface area contributed by atoms with Crippen LogP contribution in [0.5, 0.6) is 0 Å². The van der Waals surface area contributed by atoms with Crippen LogP contribution in [0.3, 0.4) is 0 Å². The van der Waals surface area contributed by atoms with Crippen molar-refractivity contribution in [2.75, 3.05) is 52.1 Å². The fourth-order valence-corrected chi connectivity index (χ4v) is 2.57. The van der Waals surface area contributed by atoms with E-state index in [0.29, 0.717) is 6.16 Å². The molecule has 0 aliphatic rings. The van der Waals surface area contributed by atoms with Crippen molar-refractivity contribution in [1.82, 2.24) is 16.0 Å². The zero-order chi connectivity index (χ0) is 14.4. The van der Waals surface area contributed by atoms with E-state index in [9.17, 15) is 4.57 Å². The minimum absolute atomic E-state index is 0. The second kappa shape index (κ2) is 15.9. The second-order valence-electron chi connectivity index (χ2n) is 5.04. The van der Waals surface area contributed by atoms with Crippen LogP contribution in [0.15, 0.2) is 0 Å². The van der Waals surface area contributed by atoms with E-state index in [0.717, 1.165) is 58.5 Å². The molecule has 0 spiro atoms. The zero-order valence-electron chi connectivity index (χ0n) is 13.0. The van der Waals surface area contributed by atoms with Gasteiger partial charge in [0, 0.05) is 12.8 Å². The van der Waals surface area contributed by atoms with E-state index in [2.05, 4.69) is 22.9 Å². The molecule has 0 saturated carbocycles. The zero-order valence-corrected chi connectivity index (χ0v) is 15.6. The average Bonchev–Trinajstić information content (AvgIpc) is 2.34. The Bertz CT molecular complexity index is 240. The van der Waals surface area contributed by atoms with Crippen LogP contribution < -0.4 is 16.0 Å². The van der Waals surface area contributed by atoms with Gasteiger partial charge in [-0.1, -0.05) is 6.92 Å². The molecule has 0 saturated heterocycles. The molecular formula is C13H33BrN3O2P. The first-order valence-corrected chi connectivity index (χ1v) is 9.77. The van der Waals surface area contributed by atoms with E-state index in [1.165, 1.54) is 13.1 Å². The number of rotatable bonds is 14. The van der Waals surface area contributed by atoms with Gasteiger partial charge < -0.3 is 20.8 Å². The number of hydrogen-bond donors (Lipinski definition) is 4. The van der Waals surface area contributed by atoms with Gasteiger partial charge in [-0.2, -0.15) is 0 Å². The number of nitrogens with one attached hydrogen (secondary N) is 3. The molecule has 0 aliphatic carbocycles. The van der Waals surface area contributed by atoms with Gasteiger partial charge in [0.2, 0.25) is 0 Å². The Kier molecular flexibility index (Phi) is 18.2. The fourth-order valence-electron chi connectivity index (χ4n) is 1.76. The largest absolute Gasteiger partial charge is 0.344 e. The Labute approximate surface area is 134 Å². The molecule has 0 aromatic heterocycles. The molecule has 1 unspecified atom stereocenters. The highest BCUT2D eigenvalue weighted by molar-refractivity contribution is 8.93. The van der Waals surface area contributed by atoms with Crippen LogP contribution in [-0.4, -0.2) is 57.0 Å². The Morgan fingerprint density at radius 3 is 1.75 bits per heavy atom. The molecule has 0 rings (SSSR count). The number of unbranched alkanes of at least 4 members (excludes halogenated alkanes) is 1. The predicted molar refractivity (Wildman–Crippen MR) is 93.7 cm³/mol. The van der Waals surface area contributed by atoms with Crippen LogP contribution in [0, 0.1) is 0 Å². The van der Waals surface area contributed by atoms with Crippen molar-refractivity contribution >= 4 is 24.4 Å². The molecule has 20 heavy (non-hydrogen) atoms. The maximum Gasteiger partial charge on any atom is 0.197 e. The Hall–Kier alpha value is 0.550. The highest BCUT2D eigenvalue weighted by Crippen LogP contribution is 2.35. The molecule has 0 heterocycles. The van der Waals surface area contributed by atoms with Crippen molar-refractivity contribution in [1.29, 1.82) is 0 Å². The standard InChI is InChI=1S/C13H32N3O2P.BrH/c1-3-14-9-6-10-16-12-7-11-15-8-4-5-13-19(2,17)18;/h14-16H,3-13H2,1-2H3,(H,17,18);1H. The van der Waals surface area contributed by atoms with Crippen LogP contribution in [-0.2, 0) is 4.57 Å². The molecule has 0 amide bonds. The van der Waals surface area contributed by atoms with Gasteiger partial charge in [0.05, 0.1) is 0 Å². The number of halogens is 1. The first-order valence-electron chi connectivity index (χ1n) is 7.47. The van der Waals surface area contributed by atoms with Crippen LogP contribution in [0.1, 0.15) is 32.6 Å². The molecule has 0 aromatic carbocycles. The highest BCUT2D eigenvalue weighted by atomic mass is 79.9. The van der Waals surface area contributed by atoms with E-state index in [-0.39, 0.29) is 17.0 Å². The summed E-state index contributed by atoms with van der Waals surface area (Å²) in [6.45, 7) is 9.79. The van der Waals surface area contributed by atoms with Gasteiger partial charge in [-0.05, 0) is 65.0 Å². The molecular weight excluding hydrogens is 341 g/mol. The molecule has 0 aromatic rings. The van der Waals surface area contributed by atoms with Crippen molar-refractivity contribution in [2.24, 2.45) is 0 Å². The minimum atomic E-state index is -2.79. The Morgan fingerprint density at radius 2 is 1.30 bits per heavy atom. The average molecular weight is 374 g/mol. The summed E-state index contributed by atoms with van der Waals surface area (Å²) in [5.41, 5.74) is 0. The molecule has 124 valence electrons. The molecule has 4 N–H and O–H groups in total. The Morgan fingerprint density at radius 1 is 0.850 bits per heavy atom. The van der Waals surface area contributed by atoms with Gasteiger partial charge in [0.25, 0.3) is 0 Å². The number of hydrogen-bond acceptors (Lipinski definition) is 4. The van der Waals surface area contributed by atoms with E-state index in [1.807, 2.05) is 0 Å². The van der Waals surface area contributed by atoms with E-state index >= 15 is 0 Å². The monoisotopic (exact) mass is 373 g/mol. The van der Waals surface area contributed by atoms with E-state index in [4.69, 9.17) is 4.89 Å². The maximum atomic E-state index is 11.0. The van der Waals surface area contributed by atoms with Gasteiger partial charge >= 0.3 is 0 Å². The molecule has 0 fully saturated rings. The van der Waals surface area contributed by atoms with Crippen LogP contribution >= 0.6 is 24.4 Å². The summed E-state index contributed by atoms with van der Waals surface area (Å²) in [6.07, 6.45) is 4.57. The summed E-state index contributed by atoms with van der Waals surface area (Å²) < 4.78 is 11.0. The van der Waals surface area contributed by atoms with Gasteiger partial charge in [0.1, 0.15) is 0 Å². The molecule has 1 atom stereocenters. The van der Waals surface area contributed by atoms with Crippen molar-refractivity contribution in [3.8, 4) is 0 Å². The van der Waals surface area contributed by atoms with Crippen molar-refractivity contribution < 1.29 is 9.46 Å². The third-order valence-electron chi connectivity index (χ3n) is 2.84. The Balaban J connectivity index is 0. The van der Waals surface area contributed by atoms with Crippen molar-refractivity contribution in [3.05, 3.63) is 0 Å². The third kappa shape index (κ3) is 20.9. The molecule has 7 heteroatoms. The lowest BCUT2D eigenvalue weighted by atomic mass is 10.3. The van der Waals surface area contributed by atoms with Gasteiger partial charge in [-0.25, -0.2) is 0 Å². The lowest BCUT2D eigenvalue weighted by Crippen LogP contribution is -2.25. The second-order valence-corrected chi connectivity index (χ2v) is 7.59. The van der Waals surface area contributed by atoms with Crippen LogP contribution in [0.4, 0.5) is 0 Å². The lowest BCUT2D eigenvalue weighted by molar-refractivity contribution is 0.481. The summed E-state index contributed by atoms with van der Waals surface area (Å²) in [5, 5.41) is 10.1. The highest BCUT2D eigenvalue weighted by Gasteiger charge is 2.07. The van der Waals surface area contributed by atoms with Crippen LogP contribution in [0.25, 0.3) is 0 Å². The summed E-state index contributed by atoms with van der Waals surface area (Å²) >= 11 is 0. The summed E-state index contributed by atoms with van der Waals surface area (Å²) in [6, 6.07) is 0. The lowest BCUT2D eigenvalue weighted by Gasteiger charge is -2.07. The van der Waals surface area contributed by atoms with Gasteiger partial charge in [0.15, 0.2) is 7.37 Å². The summed E-state index contributed by atoms with van der Waals surface area (Å²) in [4.78, 5) is 9.12. The van der Waals surface area contributed by atoms with Gasteiger partial charge in [-0.15, -0.1) is 17.0 Å². The fraction of sp³-hybridized carbons (Fsp3) is 1.00. The molecule has 0 aliphatic heterocycles. The van der Waals surface area contributed by atoms with Crippen molar-refractivity contribution in [2.45, 2.75) is 32.6 Å². The smallest absolute Gasteiger partial charge is 0.197 e. The maximum absolute atomic E-state index is 11.0. The summed E-state index contributed by atoms with van der Waals surface area (Å²) in [7, 11) is -2.79. The van der Waals surface area contributed by atoms with Gasteiger partial charge in [-0.3, -0.25) is 4.57 Å². The van der Waals surface area contributed by atoms with E-state index in [1.54, 1.807) is 0 Å². The topological polar surface area (TPSA) is 73.4 Å². The predicted octanol–water partition coefficient (Wildman–Crippen LogP) is 1.81. The molecule has 5 nitrogen and oxygen atoms in total. The summed E-state index contributed by atoms with van der Waals surface area (Å²) in [5.74, 6) is 0. The SMILES string of the molecule is Br.CCNCCCNCCCNCCCCP(C)(=O)O. The van der Waals surface area contributed by atoms with Crippen LogP contribution in [0.2, 0.25) is 0 Å². The third-order valence-corrected chi connectivity index (χ3v) is 3.99. The molecule has 0 radical (unpaired) electrons. The molecule has 0 bridgehead atoms. The first kappa shape index (κ1) is 22.8. The van der Waals surface area contributed by atoms with E-state index < -0.39 is 7.37 Å². The van der Waals surface area contributed by atoms with Crippen molar-refractivity contribution in [3.63, 3.8) is 0 Å². The minimum Gasteiger partial charge on any atom is -0.344 e. The first-order chi connectivity index (χ1) is 9.06. The quantitative estimate of drug-likeness (QED) is 0.276. The normalized spacial score (nSPS) is 13.8.